The molecule has 138 heavy (non-hydrogen) atoms. The van der Waals surface area contributed by atoms with E-state index in [1.807, 2.05) is 19.9 Å². The van der Waals surface area contributed by atoms with E-state index in [-0.39, 0.29) is 95.2 Å². The third-order valence-electron chi connectivity index (χ3n) is 22.7. The zero-order chi connectivity index (χ0) is 102. The van der Waals surface area contributed by atoms with Gasteiger partial charge in [-0.1, -0.05) is 80.1 Å². The van der Waals surface area contributed by atoms with Crippen LogP contribution in [0.4, 0.5) is 0 Å². The highest BCUT2D eigenvalue weighted by atomic mass is 16.8. The van der Waals surface area contributed by atoms with Crippen LogP contribution < -0.4 is 4.74 Å². The zero-order valence-corrected chi connectivity index (χ0v) is 81.1. The molecule has 6 aliphatic heterocycles. The monoisotopic (exact) mass is 1970 g/mol. The summed E-state index contributed by atoms with van der Waals surface area (Å²) < 4.78 is 138. The third kappa shape index (κ3) is 32.6. The van der Waals surface area contributed by atoms with E-state index < -0.39 is 251 Å². The number of allylic oxidation sites excluding steroid dienone is 2. The number of hydrogen-bond donors (Lipinski definition) is 13. The number of methoxy groups -OCH3 is 3. The maximum absolute atomic E-state index is 13.3. The number of carbonyl (C=O) groups is 6. The first-order valence-electron chi connectivity index (χ1n) is 45.9. The number of aromatic hydroxyl groups is 1. The molecule has 10 rings (SSSR count). The first kappa shape index (κ1) is 116. The maximum Gasteiger partial charge on any atom is 0.338 e. The molecule has 1 aliphatic carbocycles. The molecule has 0 radical (unpaired) electrons. The van der Waals surface area contributed by atoms with Gasteiger partial charge in [-0.2, -0.15) is 0 Å². The normalized spacial score (nSPS) is 33.4. The Balaban J connectivity index is 0.000000254. The Kier molecular flexibility index (Phi) is 46.1. The maximum atomic E-state index is 13.3. The molecule has 3 aromatic rings. The van der Waals surface area contributed by atoms with Gasteiger partial charge in [0.2, 0.25) is 0 Å². The molecule has 44 heteroatoms. The fourth-order valence-corrected chi connectivity index (χ4v) is 15.6. The van der Waals surface area contributed by atoms with Gasteiger partial charge in [0.1, 0.15) is 141 Å². The second kappa shape index (κ2) is 54.9. The first-order chi connectivity index (χ1) is 65.2. The molecule has 6 heterocycles. The number of carbonyl (C=O) groups excluding carboxylic acids is 6. The number of aliphatic hydroxyl groups excluding tert-OH is 12. The second-order valence-corrected chi connectivity index (χ2v) is 36.3. The van der Waals surface area contributed by atoms with Crippen molar-refractivity contribution in [3.8, 4) is 11.5 Å². The van der Waals surface area contributed by atoms with Gasteiger partial charge in [0, 0.05) is 5.92 Å². The molecular weight excluding hydrogens is 1830 g/mol. The highest BCUT2D eigenvalue weighted by Gasteiger charge is 2.60. The van der Waals surface area contributed by atoms with Crippen LogP contribution >= 0.6 is 0 Å². The van der Waals surface area contributed by atoms with Gasteiger partial charge < -0.3 is 185 Å². The summed E-state index contributed by atoms with van der Waals surface area (Å²) in [5.41, 5.74) is 3.08. The highest BCUT2D eigenvalue weighted by Crippen LogP contribution is 2.59. The molecular formula is C94H142O44. The largest absolute Gasteiger partial charge is 0.508 e. The van der Waals surface area contributed by atoms with Crippen LogP contribution in [-0.2, 0) is 162 Å². The molecule has 0 aromatic heterocycles. The van der Waals surface area contributed by atoms with E-state index in [9.17, 15) is 95.2 Å². The summed E-state index contributed by atoms with van der Waals surface area (Å²) in [6.07, 6.45) is -44.4. The molecule has 0 amide bonds. The number of hydrogen-bond acceptors (Lipinski definition) is 44. The molecule has 32 atom stereocenters. The molecule has 7 fully saturated rings. The van der Waals surface area contributed by atoms with Crippen molar-refractivity contribution in [2.75, 3.05) is 67.6 Å². The van der Waals surface area contributed by atoms with Gasteiger partial charge in [0.15, 0.2) is 74.4 Å². The van der Waals surface area contributed by atoms with E-state index in [2.05, 4.69) is 19.9 Å². The van der Waals surface area contributed by atoms with Gasteiger partial charge in [-0.3, -0.25) is 0 Å². The smallest absolute Gasteiger partial charge is 0.338 e. The van der Waals surface area contributed by atoms with Crippen LogP contribution in [0.15, 0.2) is 90.5 Å². The Bertz CT molecular complexity index is 4170. The summed E-state index contributed by atoms with van der Waals surface area (Å²) in [6.45, 7) is 26.6. The number of rotatable bonds is 43. The average molecular weight is 1980 g/mol. The van der Waals surface area contributed by atoms with Gasteiger partial charge in [-0.15, -0.1) is 0 Å². The molecule has 782 valence electrons. The SMILES string of the molecule is CC(C)O[C@@H]1OC(C(=O)OCc2ccccc2)[C@@H](OCCO[C@@H]2OC(C(=O)OCc3ccc(O)cc3)[C@@H](OC(C)C)[C@H](O)[C@@H]2O)[C@H](O)[C@@H]1O.COC(=O)C1O[C@@H](OCCO[C@@H]2C(C(=O)OCC3C(C=C(C)C)C3(C)C)O[C@@H](OC(C)C)[C@@H](O)[C@H]2O)[C@@H](O)[C@@H](O)[C@@H]1OC(C)C.COC(=O)C1O[C@@H](OCCO[C@@H]2C(C(=O)OCc3ccc(OC)cc3)O[C@@H](OC(C)C)[C@@H](O)[C@H]2O)[C@@H](O)[C@@H](O)[C@@H]1OC(C)C. The van der Waals surface area contributed by atoms with E-state index in [1.165, 1.54) is 24.8 Å². The highest BCUT2D eigenvalue weighted by molar-refractivity contribution is 5.78. The van der Waals surface area contributed by atoms with Gasteiger partial charge in [-0.05, 0) is 149 Å². The van der Waals surface area contributed by atoms with Crippen molar-refractivity contribution in [2.45, 2.75) is 351 Å². The van der Waals surface area contributed by atoms with Crippen LogP contribution in [0.1, 0.15) is 127 Å². The fourth-order valence-electron chi connectivity index (χ4n) is 15.6. The Morgan fingerprint density at radius 3 is 0.884 bits per heavy atom. The second-order valence-electron chi connectivity index (χ2n) is 36.3. The summed E-state index contributed by atoms with van der Waals surface area (Å²) in [6, 6.07) is 21.7. The Morgan fingerprint density at radius 2 is 0.587 bits per heavy atom. The quantitative estimate of drug-likeness (QED) is 0.0159. The molecule has 8 unspecified atom stereocenters. The Labute approximate surface area is 801 Å². The minimum atomic E-state index is -1.65. The minimum absolute atomic E-state index is 0.0433. The van der Waals surface area contributed by atoms with Crippen molar-refractivity contribution in [1.29, 1.82) is 0 Å². The predicted octanol–water partition coefficient (Wildman–Crippen LogP) is 0.573. The van der Waals surface area contributed by atoms with Gasteiger partial charge in [0.25, 0.3) is 0 Å². The summed E-state index contributed by atoms with van der Waals surface area (Å²) in [4.78, 5) is 77.3. The topological polar surface area (TPSA) is 596 Å². The van der Waals surface area contributed by atoms with Crippen molar-refractivity contribution in [2.24, 2.45) is 17.3 Å². The lowest BCUT2D eigenvalue weighted by atomic mass is 9.98. The van der Waals surface area contributed by atoms with Crippen LogP contribution in [0.2, 0.25) is 0 Å². The molecule has 6 saturated heterocycles. The van der Waals surface area contributed by atoms with E-state index in [4.69, 9.17) is 118 Å². The lowest BCUT2D eigenvalue weighted by Gasteiger charge is -2.42. The first-order valence-corrected chi connectivity index (χ1v) is 45.9. The third-order valence-corrected chi connectivity index (χ3v) is 22.7. The Morgan fingerprint density at radius 1 is 0.326 bits per heavy atom. The minimum Gasteiger partial charge on any atom is -0.508 e. The Hall–Kier alpha value is -7.38. The van der Waals surface area contributed by atoms with E-state index in [0.717, 1.165) is 14.2 Å². The molecule has 3 aromatic carbocycles. The summed E-state index contributed by atoms with van der Waals surface area (Å²) in [7, 11) is 3.82. The number of ether oxygens (including phenoxy) is 25. The van der Waals surface area contributed by atoms with Crippen LogP contribution in [0.3, 0.4) is 0 Å². The standard InChI is InChI=1S/C34H46O15.C31H52O14.C29H44O15/c1-18(2)46-28-24(37)25(38)33(48-30(28)32(41)45-17-21-10-12-22(35)13-11-21)43-15-14-42-27-23(36)26(39)34(47-19(3)4)49-29(27)31(40)44-16-20-8-6-5-7-9-20;1-14(2)12-17-18(31(17,7)8)13-41-28(37)25-23(19(32)22(35)30(45-25)43-16(5)6)39-10-11-40-29-21(34)20(33)24(42-15(3)4)26(44-29)27(36)38-9;1-14(2)41-23-19(31)20(32)28(43-25(23)26(34)37-6)39-12-11-38-22-18(30)21(33)29(42-15(3)4)44-24(22)27(35)40-13-16-7-9-17(36-5)10-8-16/h5-13,18-19,23-30,33-39H,14-17H2,1-4H3;12,15-26,29-30,32-35H,10-11,13H2,1-9H3;7-10,14-15,18-25,28-33H,11-13H2,1-6H3/t23-,24-,25+,26+,27+,28+,29?,30?,33-,34-;17?,18?,19-,20-,21+,22+,23+,24+,25?,26?,29-,30-;18-,19-,20+,21+,22+,23+,24?,25?,28-,29-/m111/s1. The van der Waals surface area contributed by atoms with Crippen LogP contribution in [0, 0.1) is 17.3 Å². The number of phenols is 1. The van der Waals surface area contributed by atoms with Gasteiger partial charge in [0.05, 0.1) is 104 Å². The van der Waals surface area contributed by atoms with E-state index in [0.29, 0.717) is 22.4 Å². The lowest BCUT2D eigenvalue weighted by molar-refractivity contribution is -0.317. The lowest BCUT2D eigenvalue weighted by Crippen LogP contribution is -2.62. The van der Waals surface area contributed by atoms with Crippen molar-refractivity contribution < 1.29 is 214 Å². The number of esters is 6. The molecule has 44 nitrogen and oxygen atoms in total. The number of phenolic OH excluding ortho intramolecular Hbond substituents is 1. The molecule has 1 saturated carbocycles. The van der Waals surface area contributed by atoms with Crippen molar-refractivity contribution in [3.05, 3.63) is 107 Å². The molecule has 7 aliphatic rings. The van der Waals surface area contributed by atoms with Crippen molar-refractivity contribution in [1.82, 2.24) is 0 Å². The molecule has 0 bridgehead atoms. The predicted molar refractivity (Wildman–Crippen MR) is 472 cm³/mol. The van der Waals surface area contributed by atoms with E-state index >= 15 is 0 Å². The van der Waals surface area contributed by atoms with Crippen LogP contribution in [-0.4, -0.2) is 391 Å². The van der Waals surface area contributed by atoms with Crippen molar-refractivity contribution in [3.63, 3.8) is 0 Å². The average Bonchev–Trinajstić information content (AvgIpc) is 1.58. The summed E-state index contributed by atoms with van der Waals surface area (Å²) in [5.74, 6) is -4.05. The van der Waals surface area contributed by atoms with E-state index in [1.54, 1.807) is 144 Å². The van der Waals surface area contributed by atoms with Crippen LogP contribution in [0.25, 0.3) is 0 Å². The molecule has 0 spiro atoms. The van der Waals surface area contributed by atoms with Gasteiger partial charge >= 0.3 is 35.8 Å². The fraction of sp³-hybridized carbons (Fsp3) is 0.723. The number of benzene rings is 3. The molecule has 13 N–H and O–H groups in total. The summed E-state index contributed by atoms with van der Waals surface area (Å²) in [5, 5.41) is 138. The summed E-state index contributed by atoms with van der Waals surface area (Å²) >= 11 is 0. The van der Waals surface area contributed by atoms with Gasteiger partial charge in [-0.25, -0.2) is 28.8 Å². The number of aliphatic hydroxyl groups is 12. The zero-order valence-electron chi connectivity index (χ0n) is 81.1. The van der Waals surface area contributed by atoms with Crippen LogP contribution in [0.5, 0.6) is 11.5 Å². The van der Waals surface area contributed by atoms with Crippen molar-refractivity contribution >= 4 is 35.8 Å².